The lowest BCUT2D eigenvalue weighted by Gasteiger charge is -2.45. The molecule has 2 aliphatic rings. The van der Waals surface area contributed by atoms with Gasteiger partial charge in [0.1, 0.15) is 5.82 Å². The summed E-state index contributed by atoms with van der Waals surface area (Å²) in [4.78, 5) is 4.88. The van der Waals surface area contributed by atoms with E-state index in [1.807, 2.05) is 12.1 Å². The molecule has 6 aromatic carbocycles. The van der Waals surface area contributed by atoms with Crippen LogP contribution in [-0.4, -0.2) is 6.71 Å². The van der Waals surface area contributed by atoms with Crippen LogP contribution in [0.1, 0.15) is 105 Å². The van der Waals surface area contributed by atoms with Crippen molar-refractivity contribution in [1.29, 1.82) is 0 Å². The average Bonchev–Trinajstić information content (AvgIpc) is 3.13. The van der Waals surface area contributed by atoms with Gasteiger partial charge in [-0.15, -0.1) is 0 Å². The third-order valence-electron chi connectivity index (χ3n) is 12.0. The first-order chi connectivity index (χ1) is 26.2. The van der Waals surface area contributed by atoms with Gasteiger partial charge in [-0.3, -0.25) is 0 Å². The molecule has 2 nitrogen and oxygen atoms in total. The lowest BCUT2D eigenvalue weighted by molar-refractivity contribution is 0.590. The van der Waals surface area contributed by atoms with Gasteiger partial charge in [0.05, 0.1) is 0 Å². The maximum atomic E-state index is 15.9. The largest absolute Gasteiger partial charge is 0.311 e. The van der Waals surface area contributed by atoms with E-state index in [1.54, 1.807) is 12.1 Å². The second kappa shape index (κ2) is 13.0. The molecule has 284 valence electrons. The molecule has 0 fully saturated rings. The van der Waals surface area contributed by atoms with E-state index in [-0.39, 0.29) is 34.2 Å². The number of halogens is 1. The van der Waals surface area contributed by atoms with Gasteiger partial charge in [-0.1, -0.05) is 150 Å². The molecule has 0 radical (unpaired) electrons. The van der Waals surface area contributed by atoms with Crippen molar-refractivity contribution in [3.8, 4) is 11.1 Å². The third-order valence-corrected chi connectivity index (χ3v) is 12.0. The molecule has 8 rings (SSSR count). The Balaban J connectivity index is 1.51. The average molecular weight is 739 g/mol. The molecule has 0 N–H and O–H groups in total. The highest BCUT2D eigenvalue weighted by molar-refractivity contribution is 7.00. The Kier molecular flexibility index (Phi) is 8.77. The van der Waals surface area contributed by atoms with Crippen LogP contribution in [0.15, 0.2) is 121 Å². The molecular weight excluding hydrogens is 682 g/mol. The fourth-order valence-corrected chi connectivity index (χ4v) is 8.57. The summed E-state index contributed by atoms with van der Waals surface area (Å²) in [5.41, 5.74) is 17.1. The number of anilines is 6. The monoisotopic (exact) mass is 738 g/mol. The van der Waals surface area contributed by atoms with E-state index in [4.69, 9.17) is 0 Å². The lowest BCUT2D eigenvalue weighted by atomic mass is 9.33. The molecule has 4 heteroatoms. The van der Waals surface area contributed by atoms with Crippen molar-refractivity contribution >= 4 is 57.2 Å². The first kappa shape index (κ1) is 37.8. The van der Waals surface area contributed by atoms with Crippen molar-refractivity contribution in [1.82, 2.24) is 0 Å². The second-order valence-corrected chi connectivity index (χ2v) is 20.2. The Morgan fingerprint density at radius 3 is 1.16 bits per heavy atom. The van der Waals surface area contributed by atoms with Gasteiger partial charge in [0.25, 0.3) is 6.71 Å². The SMILES string of the molecule is CC(C)(C)c1ccc(N2c3ccc(C(C)(C)C)cc3B3c4cc(C(C)(C)C)ccc4N(c4ccc(C(C)(C)C)cc4)c4cc(-c5ccccc5F)cc2c43)cc1. The Hall–Kier alpha value is -5.09. The highest BCUT2D eigenvalue weighted by Gasteiger charge is 2.44. The van der Waals surface area contributed by atoms with Crippen LogP contribution in [0.25, 0.3) is 11.1 Å². The smallest absolute Gasteiger partial charge is 0.252 e. The van der Waals surface area contributed by atoms with E-state index < -0.39 is 0 Å². The first-order valence-corrected chi connectivity index (χ1v) is 20.2. The van der Waals surface area contributed by atoms with Gasteiger partial charge < -0.3 is 9.80 Å². The van der Waals surface area contributed by atoms with Gasteiger partial charge >= 0.3 is 0 Å². The molecule has 0 saturated heterocycles. The van der Waals surface area contributed by atoms with Crippen molar-refractivity contribution in [2.75, 3.05) is 9.80 Å². The lowest BCUT2D eigenvalue weighted by Crippen LogP contribution is -2.61. The van der Waals surface area contributed by atoms with Gasteiger partial charge in [0.2, 0.25) is 0 Å². The quantitative estimate of drug-likeness (QED) is 0.167. The summed E-state index contributed by atoms with van der Waals surface area (Å²) < 4.78 is 15.9. The minimum absolute atomic E-state index is 0.0203. The number of nitrogens with zero attached hydrogens (tertiary/aromatic N) is 2. The molecule has 56 heavy (non-hydrogen) atoms. The van der Waals surface area contributed by atoms with Gasteiger partial charge in [-0.25, -0.2) is 4.39 Å². The van der Waals surface area contributed by atoms with Gasteiger partial charge in [-0.2, -0.15) is 0 Å². The predicted octanol–water partition coefficient (Wildman–Crippen LogP) is 12.8. The summed E-state index contributed by atoms with van der Waals surface area (Å²) in [6.07, 6.45) is 0. The van der Waals surface area contributed by atoms with Crippen LogP contribution < -0.4 is 26.2 Å². The van der Waals surface area contributed by atoms with Crippen LogP contribution in [0.2, 0.25) is 0 Å². The molecule has 6 aromatic rings. The van der Waals surface area contributed by atoms with Crippen LogP contribution in [0, 0.1) is 5.82 Å². The highest BCUT2D eigenvalue weighted by atomic mass is 19.1. The topological polar surface area (TPSA) is 6.48 Å². The van der Waals surface area contributed by atoms with Crippen LogP contribution in [0.4, 0.5) is 38.5 Å². The molecule has 0 saturated carbocycles. The normalized spacial score (nSPS) is 14.1. The van der Waals surface area contributed by atoms with Crippen LogP contribution in [0.3, 0.4) is 0 Å². The van der Waals surface area contributed by atoms with E-state index in [0.717, 1.165) is 39.7 Å². The molecule has 0 aliphatic carbocycles. The van der Waals surface area contributed by atoms with E-state index in [2.05, 4.69) is 190 Å². The minimum atomic E-state index is -0.226. The van der Waals surface area contributed by atoms with E-state index in [9.17, 15) is 0 Å². The number of fused-ring (bicyclic) bond motifs is 4. The maximum absolute atomic E-state index is 15.9. The predicted molar refractivity (Wildman–Crippen MR) is 241 cm³/mol. The maximum Gasteiger partial charge on any atom is 0.252 e. The molecule has 0 atom stereocenters. The summed E-state index contributed by atoms with van der Waals surface area (Å²) in [7, 11) is 0. The van der Waals surface area contributed by atoms with E-state index in [1.165, 1.54) is 38.6 Å². The molecule has 0 unspecified atom stereocenters. The second-order valence-electron chi connectivity index (χ2n) is 20.2. The summed E-state index contributed by atoms with van der Waals surface area (Å²) in [5, 5.41) is 0. The van der Waals surface area contributed by atoms with E-state index >= 15 is 4.39 Å². The van der Waals surface area contributed by atoms with Crippen molar-refractivity contribution in [2.45, 2.75) is 105 Å². The molecule has 0 spiro atoms. The third kappa shape index (κ3) is 6.45. The zero-order valence-corrected chi connectivity index (χ0v) is 35.4. The first-order valence-electron chi connectivity index (χ1n) is 20.2. The van der Waals surface area contributed by atoms with Crippen LogP contribution in [-0.2, 0) is 21.7 Å². The van der Waals surface area contributed by atoms with Crippen molar-refractivity contribution < 1.29 is 4.39 Å². The molecule has 2 heterocycles. The number of hydrogen-bond acceptors (Lipinski definition) is 2. The molecular formula is C52H56BFN2. The van der Waals surface area contributed by atoms with Crippen LogP contribution in [0.5, 0.6) is 0 Å². The summed E-state index contributed by atoms with van der Waals surface area (Å²) in [6.45, 7) is 27.3. The fourth-order valence-electron chi connectivity index (χ4n) is 8.57. The zero-order chi connectivity index (χ0) is 40.1. The number of hydrogen-bond donors (Lipinski definition) is 0. The minimum Gasteiger partial charge on any atom is -0.311 e. The number of rotatable bonds is 3. The Morgan fingerprint density at radius 2 is 0.786 bits per heavy atom. The Morgan fingerprint density at radius 1 is 0.411 bits per heavy atom. The summed E-state index contributed by atoms with van der Waals surface area (Å²) in [6, 6.07) is 44.0. The number of benzene rings is 6. The van der Waals surface area contributed by atoms with Gasteiger partial charge in [-0.05, 0) is 120 Å². The summed E-state index contributed by atoms with van der Waals surface area (Å²) in [5.74, 6) is -0.226. The molecule has 0 aromatic heterocycles. The van der Waals surface area contributed by atoms with Crippen molar-refractivity contribution in [3.63, 3.8) is 0 Å². The molecule has 0 bridgehead atoms. The van der Waals surface area contributed by atoms with Crippen molar-refractivity contribution in [3.05, 3.63) is 149 Å². The Labute approximate surface area is 335 Å². The van der Waals surface area contributed by atoms with Crippen LogP contribution >= 0.6 is 0 Å². The Bertz CT molecular complexity index is 2320. The summed E-state index contributed by atoms with van der Waals surface area (Å²) >= 11 is 0. The standard InChI is InChI=1S/C52H56BFN2/c1-49(2,3)34-17-23-38(24-18-34)55-44-27-21-36(51(7,8)9)31-41(44)53-42-32-37(52(10,11)12)22-28-45(42)56(39-25-19-35(20-26-39)50(4,5)6)47-30-33(29-46(55)48(47)53)40-15-13-14-16-43(40)54/h13-32H,1-12H3. The highest BCUT2D eigenvalue weighted by Crippen LogP contribution is 2.47. The zero-order valence-electron chi connectivity index (χ0n) is 35.4. The fraction of sp³-hybridized carbons (Fsp3) is 0.308. The van der Waals surface area contributed by atoms with E-state index in [0.29, 0.717) is 5.56 Å². The van der Waals surface area contributed by atoms with Gasteiger partial charge in [0.15, 0.2) is 0 Å². The molecule has 2 aliphatic heterocycles. The van der Waals surface area contributed by atoms with Gasteiger partial charge in [0, 0.05) is 39.7 Å². The molecule has 0 amide bonds. The van der Waals surface area contributed by atoms with Crippen molar-refractivity contribution in [2.24, 2.45) is 0 Å².